The predicted molar refractivity (Wildman–Crippen MR) is 93.3 cm³/mol. The summed E-state index contributed by atoms with van der Waals surface area (Å²) in [4.78, 5) is 16.8. The molecular weight excluding hydrogens is 328 g/mol. The highest BCUT2D eigenvalue weighted by molar-refractivity contribution is 7.88. The molecule has 3 aliphatic rings. The van der Waals surface area contributed by atoms with Crippen LogP contribution in [-0.4, -0.2) is 86.7 Å². The quantitative estimate of drug-likeness (QED) is 0.778. The van der Waals surface area contributed by atoms with Gasteiger partial charge in [0.25, 0.3) is 0 Å². The van der Waals surface area contributed by atoms with Gasteiger partial charge < -0.3 is 15.1 Å². The van der Waals surface area contributed by atoms with Crippen LogP contribution in [-0.2, 0) is 10.0 Å². The van der Waals surface area contributed by atoms with Gasteiger partial charge in [-0.1, -0.05) is 0 Å². The zero-order valence-corrected chi connectivity index (χ0v) is 15.4. The lowest BCUT2D eigenvalue weighted by Gasteiger charge is -2.24. The van der Waals surface area contributed by atoms with Crippen molar-refractivity contribution in [2.75, 3.05) is 52.1 Å². The maximum absolute atomic E-state index is 12.4. The second-order valence-electron chi connectivity index (χ2n) is 7.46. The third-order valence-electron chi connectivity index (χ3n) is 5.53. The van der Waals surface area contributed by atoms with Crippen molar-refractivity contribution in [1.82, 2.24) is 19.4 Å². The fourth-order valence-corrected chi connectivity index (χ4v) is 5.45. The molecule has 3 saturated heterocycles. The molecule has 3 heterocycles. The maximum atomic E-state index is 12.4. The van der Waals surface area contributed by atoms with Crippen LogP contribution in [0.5, 0.6) is 0 Å². The van der Waals surface area contributed by atoms with Gasteiger partial charge in [0.2, 0.25) is 10.0 Å². The minimum atomic E-state index is -3.18. The van der Waals surface area contributed by atoms with Crippen LogP contribution in [0.1, 0.15) is 32.1 Å². The van der Waals surface area contributed by atoms with Gasteiger partial charge in [-0.05, 0) is 51.1 Å². The second-order valence-corrected chi connectivity index (χ2v) is 9.40. The Hall–Kier alpha value is -0.860. The lowest BCUT2D eigenvalue weighted by atomic mass is 10.1. The van der Waals surface area contributed by atoms with E-state index in [0.29, 0.717) is 19.0 Å². The van der Waals surface area contributed by atoms with Gasteiger partial charge in [-0.15, -0.1) is 0 Å². The van der Waals surface area contributed by atoms with Gasteiger partial charge in [0.1, 0.15) is 0 Å². The zero-order chi connectivity index (χ0) is 17.2. The number of likely N-dealkylation sites (tertiary alicyclic amines) is 2. The van der Waals surface area contributed by atoms with E-state index >= 15 is 0 Å². The van der Waals surface area contributed by atoms with Crippen molar-refractivity contribution in [3.63, 3.8) is 0 Å². The van der Waals surface area contributed by atoms with Gasteiger partial charge >= 0.3 is 6.03 Å². The predicted octanol–water partition coefficient (Wildman–Crippen LogP) is 0.538. The lowest BCUT2D eigenvalue weighted by molar-refractivity contribution is 0.201. The summed E-state index contributed by atoms with van der Waals surface area (Å²) in [5, 5.41) is 2.95. The van der Waals surface area contributed by atoms with Crippen LogP contribution in [0.4, 0.5) is 4.79 Å². The summed E-state index contributed by atoms with van der Waals surface area (Å²) in [5.74, 6) is 0.577. The normalized spacial score (nSPS) is 29.5. The highest BCUT2D eigenvalue weighted by Crippen LogP contribution is 2.21. The first-order valence-corrected chi connectivity index (χ1v) is 11.0. The molecule has 24 heavy (non-hydrogen) atoms. The molecule has 0 aliphatic carbocycles. The summed E-state index contributed by atoms with van der Waals surface area (Å²) >= 11 is 0. The van der Waals surface area contributed by atoms with Crippen LogP contribution < -0.4 is 5.32 Å². The smallest absolute Gasteiger partial charge is 0.317 e. The monoisotopic (exact) mass is 358 g/mol. The first kappa shape index (κ1) is 17.9. The van der Waals surface area contributed by atoms with Gasteiger partial charge in [-0.2, -0.15) is 4.31 Å². The SMILES string of the molecule is CS(=O)(=O)N1CCC[C@@H]1CNC(=O)N1CCC(CN2CCCC2)C1. The second kappa shape index (κ2) is 7.58. The van der Waals surface area contributed by atoms with E-state index in [1.807, 2.05) is 4.90 Å². The Morgan fingerprint density at radius 3 is 2.54 bits per heavy atom. The van der Waals surface area contributed by atoms with Crippen molar-refractivity contribution in [2.45, 2.75) is 38.1 Å². The Morgan fingerprint density at radius 1 is 1.08 bits per heavy atom. The molecule has 2 atom stereocenters. The first-order valence-electron chi connectivity index (χ1n) is 9.15. The Labute approximate surface area is 145 Å². The molecule has 0 aromatic rings. The fraction of sp³-hybridized carbons (Fsp3) is 0.938. The van der Waals surface area contributed by atoms with E-state index < -0.39 is 10.0 Å². The highest BCUT2D eigenvalue weighted by Gasteiger charge is 2.33. The van der Waals surface area contributed by atoms with E-state index in [1.165, 1.54) is 36.5 Å². The van der Waals surface area contributed by atoms with Crippen LogP contribution in [0.2, 0.25) is 0 Å². The van der Waals surface area contributed by atoms with Crippen LogP contribution in [0.25, 0.3) is 0 Å². The number of nitrogens with one attached hydrogen (secondary N) is 1. The van der Waals surface area contributed by atoms with Crippen molar-refractivity contribution in [3.05, 3.63) is 0 Å². The number of amides is 2. The Morgan fingerprint density at radius 2 is 1.83 bits per heavy atom. The van der Waals surface area contributed by atoms with Crippen LogP contribution in [0.15, 0.2) is 0 Å². The number of sulfonamides is 1. The molecule has 2 amide bonds. The first-order chi connectivity index (χ1) is 11.4. The van der Waals surface area contributed by atoms with Crippen molar-refractivity contribution >= 4 is 16.1 Å². The van der Waals surface area contributed by atoms with Crippen LogP contribution in [0.3, 0.4) is 0 Å². The molecule has 0 bridgehead atoms. The lowest BCUT2D eigenvalue weighted by Crippen LogP contribution is -2.46. The molecule has 0 radical (unpaired) electrons. The average molecular weight is 359 g/mol. The summed E-state index contributed by atoms with van der Waals surface area (Å²) in [5.41, 5.74) is 0. The van der Waals surface area contributed by atoms with E-state index in [0.717, 1.165) is 38.9 Å². The summed E-state index contributed by atoms with van der Waals surface area (Å²) in [6.07, 6.45) is 6.61. The van der Waals surface area contributed by atoms with E-state index in [2.05, 4.69) is 10.2 Å². The number of carbonyl (C=O) groups is 1. The molecule has 3 rings (SSSR count). The molecule has 3 aliphatic heterocycles. The van der Waals surface area contributed by atoms with Crippen molar-refractivity contribution in [3.8, 4) is 0 Å². The molecule has 138 valence electrons. The van der Waals surface area contributed by atoms with E-state index in [4.69, 9.17) is 0 Å². The summed E-state index contributed by atoms with van der Waals surface area (Å²) < 4.78 is 25.0. The molecule has 7 nitrogen and oxygen atoms in total. The number of carbonyl (C=O) groups excluding carboxylic acids is 1. The number of rotatable bonds is 5. The molecule has 3 fully saturated rings. The molecule has 8 heteroatoms. The maximum Gasteiger partial charge on any atom is 0.317 e. The van der Waals surface area contributed by atoms with Gasteiger partial charge in [0, 0.05) is 38.8 Å². The van der Waals surface area contributed by atoms with Crippen molar-refractivity contribution < 1.29 is 13.2 Å². The third-order valence-corrected chi connectivity index (χ3v) is 6.86. The standard InChI is InChI=1S/C16H30N4O3S/c1-24(22,23)20-9-4-5-15(20)11-17-16(21)19-10-6-14(13-19)12-18-7-2-3-8-18/h14-15H,2-13H2,1H3,(H,17,21)/t14?,15-/m1/s1. The minimum absolute atomic E-state index is 0.0423. The van der Waals surface area contributed by atoms with E-state index in [-0.39, 0.29) is 12.1 Å². The van der Waals surface area contributed by atoms with Gasteiger partial charge in [0.05, 0.1) is 6.26 Å². The average Bonchev–Trinajstić information content (AvgIpc) is 3.25. The van der Waals surface area contributed by atoms with E-state index in [9.17, 15) is 13.2 Å². The summed E-state index contributed by atoms with van der Waals surface area (Å²) in [6.45, 7) is 6.12. The molecule has 0 spiro atoms. The number of hydrogen-bond donors (Lipinski definition) is 1. The summed E-state index contributed by atoms with van der Waals surface area (Å²) in [7, 11) is -3.18. The van der Waals surface area contributed by atoms with E-state index in [1.54, 1.807) is 0 Å². The number of urea groups is 1. The molecule has 0 saturated carbocycles. The molecule has 1 N–H and O–H groups in total. The number of nitrogens with zero attached hydrogens (tertiary/aromatic N) is 3. The van der Waals surface area contributed by atoms with Crippen LogP contribution in [0, 0.1) is 5.92 Å². The third kappa shape index (κ3) is 4.40. The molecular formula is C16H30N4O3S. The van der Waals surface area contributed by atoms with Crippen LogP contribution >= 0.6 is 0 Å². The minimum Gasteiger partial charge on any atom is -0.336 e. The Balaban J connectivity index is 1.42. The van der Waals surface area contributed by atoms with Crippen molar-refractivity contribution in [2.24, 2.45) is 5.92 Å². The largest absolute Gasteiger partial charge is 0.336 e. The topological polar surface area (TPSA) is 73.0 Å². The molecule has 0 aromatic heterocycles. The van der Waals surface area contributed by atoms with Gasteiger partial charge in [0.15, 0.2) is 0 Å². The highest BCUT2D eigenvalue weighted by atomic mass is 32.2. The number of hydrogen-bond acceptors (Lipinski definition) is 4. The fourth-order valence-electron chi connectivity index (χ4n) is 4.26. The zero-order valence-electron chi connectivity index (χ0n) is 14.6. The summed E-state index contributed by atoms with van der Waals surface area (Å²) in [6, 6.07) is -0.133. The van der Waals surface area contributed by atoms with Crippen molar-refractivity contribution in [1.29, 1.82) is 0 Å². The Bertz CT molecular complexity index is 548. The molecule has 1 unspecified atom stereocenters. The van der Waals surface area contributed by atoms with Gasteiger partial charge in [-0.3, -0.25) is 0 Å². The van der Waals surface area contributed by atoms with Gasteiger partial charge in [-0.25, -0.2) is 13.2 Å². The molecule has 0 aromatic carbocycles. The Kier molecular flexibility index (Phi) is 5.66.